The zero-order chi connectivity index (χ0) is 14.2. The predicted octanol–water partition coefficient (Wildman–Crippen LogP) is 2.94. The van der Waals surface area contributed by atoms with Crippen molar-refractivity contribution < 1.29 is 0 Å². The van der Waals surface area contributed by atoms with Gasteiger partial charge in [0.15, 0.2) is 5.82 Å². The number of unbranched alkanes of at least 4 members (excludes halogenated alkanes) is 1. The van der Waals surface area contributed by atoms with E-state index in [0.717, 1.165) is 29.1 Å². The van der Waals surface area contributed by atoms with Crippen molar-refractivity contribution in [3.63, 3.8) is 0 Å². The number of thiazole rings is 1. The second-order valence-electron chi connectivity index (χ2n) is 4.28. The zero-order valence-corrected chi connectivity index (χ0v) is 12.3. The van der Waals surface area contributed by atoms with E-state index in [2.05, 4.69) is 27.3 Å². The van der Waals surface area contributed by atoms with Crippen LogP contribution in [-0.4, -0.2) is 21.5 Å². The van der Waals surface area contributed by atoms with Gasteiger partial charge in [-0.25, -0.2) is 9.97 Å². The molecule has 2 aromatic heterocycles. The topological polar surface area (TPSA) is 79.6 Å². The van der Waals surface area contributed by atoms with Crippen LogP contribution in [0.2, 0.25) is 0 Å². The van der Waals surface area contributed by atoms with Crippen LogP contribution < -0.4 is 11.3 Å². The van der Waals surface area contributed by atoms with Crippen molar-refractivity contribution in [3.05, 3.63) is 35.2 Å². The number of para-hydroxylation sites is 2. The molecule has 4 N–H and O–H groups in total. The molecule has 3 aromatic rings. The maximum Gasteiger partial charge on any atom is 0.158 e. The first kappa shape index (κ1) is 14.6. The molecule has 5 nitrogen and oxygen atoms in total. The van der Waals surface area contributed by atoms with E-state index in [-0.39, 0.29) is 0 Å². The Bertz CT molecular complexity index is 580. The lowest BCUT2D eigenvalue weighted by atomic mass is 10.3. The molecule has 0 bridgehead atoms. The molecule has 2 heterocycles. The van der Waals surface area contributed by atoms with Crippen LogP contribution in [0.5, 0.6) is 0 Å². The van der Waals surface area contributed by atoms with E-state index in [0.29, 0.717) is 0 Å². The highest BCUT2D eigenvalue weighted by atomic mass is 32.1. The third-order valence-corrected chi connectivity index (χ3v) is 3.33. The minimum Gasteiger partial charge on any atom is -0.337 e. The van der Waals surface area contributed by atoms with E-state index in [4.69, 9.17) is 5.84 Å². The summed E-state index contributed by atoms with van der Waals surface area (Å²) in [7, 11) is 0. The van der Waals surface area contributed by atoms with Crippen LogP contribution >= 0.6 is 11.3 Å². The Morgan fingerprint density at radius 2 is 2.20 bits per heavy atom. The smallest absolute Gasteiger partial charge is 0.158 e. The van der Waals surface area contributed by atoms with E-state index in [1.165, 1.54) is 12.8 Å². The molecule has 0 fully saturated rings. The Morgan fingerprint density at radius 1 is 1.35 bits per heavy atom. The van der Waals surface area contributed by atoms with Gasteiger partial charge in [-0.1, -0.05) is 25.5 Å². The zero-order valence-electron chi connectivity index (χ0n) is 11.5. The van der Waals surface area contributed by atoms with Crippen molar-refractivity contribution in [2.45, 2.75) is 19.8 Å². The van der Waals surface area contributed by atoms with Gasteiger partial charge in [-0.2, -0.15) is 0 Å². The number of nitrogens with two attached hydrogens (primary N) is 1. The number of fused-ring (bicyclic) bond motifs is 1. The first-order valence-electron chi connectivity index (χ1n) is 6.62. The number of hydrogen-bond donors (Lipinski definition) is 3. The summed E-state index contributed by atoms with van der Waals surface area (Å²) in [6, 6.07) is 7.97. The number of imidazole rings is 1. The molecular formula is C14H19N5S. The Balaban J connectivity index is 0.000000212. The van der Waals surface area contributed by atoms with E-state index >= 15 is 0 Å². The molecule has 1 aromatic carbocycles. The van der Waals surface area contributed by atoms with Gasteiger partial charge in [-0.05, 0) is 18.6 Å². The lowest BCUT2D eigenvalue weighted by Crippen LogP contribution is -2.22. The second-order valence-corrected chi connectivity index (χ2v) is 5.00. The minimum absolute atomic E-state index is 0.840. The number of aromatic amines is 1. The van der Waals surface area contributed by atoms with Crippen LogP contribution in [0.3, 0.4) is 0 Å². The van der Waals surface area contributed by atoms with Gasteiger partial charge in [0.2, 0.25) is 0 Å². The molecule has 0 radical (unpaired) electrons. The van der Waals surface area contributed by atoms with Crippen LogP contribution in [0.25, 0.3) is 22.6 Å². The van der Waals surface area contributed by atoms with Gasteiger partial charge in [0, 0.05) is 11.9 Å². The lowest BCUT2D eigenvalue weighted by molar-refractivity contribution is 0.669. The summed E-state index contributed by atoms with van der Waals surface area (Å²) in [5, 5.41) is 1.98. The predicted molar refractivity (Wildman–Crippen MR) is 84.3 cm³/mol. The number of nitrogens with one attached hydrogen (secondary N) is 2. The van der Waals surface area contributed by atoms with Crippen molar-refractivity contribution in [1.82, 2.24) is 20.4 Å². The molecule has 0 atom stereocenters. The Labute approximate surface area is 122 Å². The SMILES string of the molecule is CCCCNN.c1ccc2[nH]c(-c3cscn3)nc2c1. The number of H-pyrrole nitrogens is 1. The molecule has 0 aliphatic rings. The number of rotatable bonds is 4. The fraction of sp³-hybridized carbons (Fsp3) is 0.286. The monoisotopic (exact) mass is 289 g/mol. The van der Waals surface area contributed by atoms with Crippen LogP contribution in [0.4, 0.5) is 0 Å². The molecule has 6 heteroatoms. The molecule has 0 saturated carbocycles. The summed E-state index contributed by atoms with van der Waals surface area (Å²) in [6.45, 7) is 3.08. The number of hydrogen-bond acceptors (Lipinski definition) is 5. The number of hydrazine groups is 1. The quantitative estimate of drug-likeness (QED) is 0.392. The number of benzene rings is 1. The maximum absolute atomic E-state index is 4.96. The summed E-state index contributed by atoms with van der Waals surface area (Å²) in [6.07, 6.45) is 2.39. The number of nitrogens with zero attached hydrogens (tertiary/aromatic N) is 2. The van der Waals surface area contributed by atoms with E-state index < -0.39 is 0 Å². The van der Waals surface area contributed by atoms with Gasteiger partial charge >= 0.3 is 0 Å². The van der Waals surface area contributed by atoms with Crippen molar-refractivity contribution in [2.24, 2.45) is 5.84 Å². The molecule has 3 rings (SSSR count). The highest BCUT2D eigenvalue weighted by Gasteiger charge is 2.05. The lowest BCUT2D eigenvalue weighted by Gasteiger charge is -1.89. The fourth-order valence-corrected chi connectivity index (χ4v) is 2.22. The van der Waals surface area contributed by atoms with Gasteiger partial charge in [-0.15, -0.1) is 11.3 Å². The van der Waals surface area contributed by atoms with Crippen molar-refractivity contribution in [2.75, 3.05) is 6.54 Å². The molecule has 0 amide bonds. The minimum atomic E-state index is 0.840. The number of aromatic nitrogens is 3. The second kappa shape index (κ2) is 7.74. The van der Waals surface area contributed by atoms with Crippen LogP contribution in [0.15, 0.2) is 35.2 Å². The molecule has 0 saturated heterocycles. The van der Waals surface area contributed by atoms with Gasteiger partial charge in [0.05, 0.1) is 16.5 Å². The molecule has 106 valence electrons. The van der Waals surface area contributed by atoms with E-state index in [1.807, 2.05) is 35.2 Å². The summed E-state index contributed by atoms with van der Waals surface area (Å²) in [5.41, 5.74) is 7.32. The van der Waals surface area contributed by atoms with Crippen molar-refractivity contribution >= 4 is 22.4 Å². The standard InChI is InChI=1S/C10H7N3S.C4H12N2/c1-2-4-8-7(3-1)12-10(13-8)9-5-14-6-11-9;1-2-3-4-6-5/h1-6H,(H,12,13);6H,2-5H2,1H3. The summed E-state index contributed by atoms with van der Waals surface area (Å²) >= 11 is 1.57. The Hall–Kier alpha value is -1.76. The average molecular weight is 289 g/mol. The Morgan fingerprint density at radius 3 is 2.80 bits per heavy atom. The third-order valence-electron chi connectivity index (χ3n) is 2.74. The largest absolute Gasteiger partial charge is 0.337 e. The summed E-state index contributed by atoms with van der Waals surface area (Å²) < 4.78 is 0. The highest BCUT2D eigenvalue weighted by molar-refractivity contribution is 7.07. The Kier molecular flexibility index (Phi) is 5.67. The molecule has 0 aliphatic carbocycles. The maximum atomic E-state index is 4.96. The molecular weight excluding hydrogens is 270 g/mol. The average Bonchev–Trinajstić information content (AvgIpc) is 3.13. The molecule has 0 unspecified atom stereocenters. The summed E-state index contributed by atoms with van der Waals surface area (Å²) in [5.74, 6) is 5.80. The molecule has 0 aliphatic heterocycles. The molecule has 0 spiro atoms. The van der Waals surface area contributed by atoms with Crippen LogP contribution in [-0.2, 0) is 0 Å². The first-order chi connectivity index (χ1) is 9.85. The van der Waals surface area contributed by atoms with Gasteiger partial charge < -0.3 is 4.98 Å². The normalized spacial score (nSPS) is 10.3. The van der Waals surface area contributed by atoms with Crippen LogP contribution in [0.1, 0.15) is 19.8 Å². The van der Waals surface area contributed by atoms with E-state index in [9.17, 15) is 0 Å². The fourth-order valence-electron chi connectivity index (χ4n) is 1.68. The van der Waals surface area contributed by atoms with Crippen LogP contribution in [0, 0.1) is 0 Å². The highest BCUT2D eigenvalue weighted by Crippen LogP contribution is 2.19. The van der Waals surface area contributed by atoms with Crippen molar-refractivity contribution in [3.8, 4) is 11.5 Å². The van der Waals surface area contributed by atoms with E-state index in [1.54, 1.807) is 11.3 Å². The van der Waals surface area contributed by atoms with Gasteiger partial charge in [0.1, 0.15) is 5.69 Å². The van der Waals surface area contributed by atoms with Gasteiger partial charge in [0.25, 0.3) is 0 Å². The van der Waals surface area contributed by atoms with Gasteiger partial charge in [-0.3, -0.25) is 11.3 Å². The first-order valence-corrected chi connectivity index (χ1v) is 7.56. The van der Waals surface area contributed by atoms with Crippen molar-refractivity contribution in [1.29, 1.82) is 0 Å². The molecule has 20 heavy (non-hydrogen) atoms. The summed E-state index contributed by atoms with van der Waals surface area (Å²) in [4.78, 5) is 11.9. The third kappa shape index (κ3) is 3.86.